The van der Waals surface area contributed by atoms with E-state index in [1.54, 1.807) is 11.8 Å². The van der Waals surface area contributed by atoms with Gasteiger partial charge in [-0.1, -0.05) is 0 Å². The largest absolute Gasteiger partial charge is 0.400 e. The summed E-state index contributed by atoms with van der Waals surface area (Å²) in [6, 6.07) is 2.04. The highest BCUT2D eigenvalue weighted by atomic mass is 32.2. The Morgan fingerprint density at radius 1 is 1.60 bits per heavy atom. The molecular weight excluding hydrogens is 164 g/mol. The lowest BCUT2D eigenvalue weighted by Gasteiger charge is -1.98. The molecule has 0 heterocycles. The molecule has 0 aromatic heterocycles. The van der Waals surface area contributed by atoms with Crippen molar-refractivity contribution in [3.05, 3.63) is 10.6 Å². The molecule has 4 heteroatoms. The summed E-state index contributed by atoms with van der Waals surface area (Å²) in [6.45, 7) is 0. The fraction of sp³-hybridized carbons (Fsp3) is 0.500. The van der Waals surface area contributed by atoms with Gasteiger partial charge in [0.25, 0.3) is 0 Å². The molecule has 0 radical (unpaired) electrons. The van der Waals surface area contributed by atoms with E-state index in [9.17, 15) is 0 Å². The Labute approximate surface area is 69.9 Å². The van der Waals surface area contributed by atoms with E-state index in [0.717, 1.165) is 5.75 Å². The van der Waals surface area contributed by atoms with Crippen molar-refractivity contribution in [2.24, 2.45) is 5.73 Å². The van der Waals surface area contributed by atoms with Crippen LogP contribution in [-0.2, 0) is 0 Å². The van der Waals surface area contributed by atoms with E-state index >= 15 is 0 Å². The molecule has 0 fully saturated rings. The van der Waals surface area contributed by atoms with Gasteiger partial charge in [0.1, 0.15) is 11.0 Å². The number of allylic oxidation sites excluding steroid dienone is 1. The molecule has 0 aliphatic heterocycles. The predicted molar refractivity (Wildman–Crippen MR) is 48.7 cm³/mol. The molecule has 0 amide bonds. The number of hydrogen-bond acceptors (Lipinski definition) is 4. The van der Waals surface area contributed by atoms with E-state index in [2.05, 4.69) is 0 Å². The molecule has 0 rings (SSSR count). The third-order valence-electron chi connectivity index (χ3n) is 0.897. The highest BCUT2D eigenvalue weighted by molar-refractivity contribution is 8.02. The summed E-state index contributed by atoms with van der Waals surface area (Å²) < 4.78 is 0. The zero-order chi connectivity index (χ0) is 7.98. The average Bonchev–Trinajstić information content (AvgIpc) is 1.91. The molecule has 2 N–H and O–H groups in total. The minimum atomic E-state index is 0.634. The van der Waals surface area contributed by atoms with Crippen molar-refractivity contribution < 1.29 is 0 Å². The minimum absolute atomic E-state index is 0.634. The number of thioether (sulfide) groups is 2. The van der Waals surface area contributed by atoms with Crippen LogP contribution in [0.3, 0.4) is 0 Å². The first-order valence-electron chi connectivity index (χ1n) is 2.68. The molecule has 0 saturated carbocycles. The maximum absolute atomic E-state index is 8.51. The standard InChI is InChI=1S/C6H10N2S2/c1-9-4-5(8)6(3-7)10-2/h4,8H2,1-2H3/b6-5+. The van der Waals surface area contributed by atoms with Gasteiger partial charge in [0.05, 0.1) is 0 Å². The Morgan fingerprint density at radius 2 is 2.20 bits per heavy atom. The molecule has 2 nitrogen and oxygen atoms in total. The fourth-order valence-corrected chi connectivity index (χ4v) is 1.44. The number of nitrogens with two attached hydrogens (primary N) is 1. The maximum Gasteiger partial charge on any atom is 0.108 e. The van der Waals surface area contributed by atoms with Gasteiger partial charge in [-0.05, 0) is 12.5 Å². The Morgan fingerprint density at radius 3 is 2.50 bits per heavy atom. The van der Waals surface area contributed by atoms with Crippen LogP contribution in [0.4, 0.5) is 0 Å². The van der Waals surface area contributed by atoms with Crippen LogP contribution in [0, 0.1) is 11.3 Å². The summed E-state index contributed by atoms with van der Waals surface area (Å²) in [5, 5.41) is 8.51. The highest BCUT2D eigenvalue weighted by Gasteiger charge is 1.98. The van der Waals surface area contributed by atoms with E-state index in [0.29, 0.717) is 10.6 Å². The van der Waals surface area contributed by atoms with Gasteiger partial charge in [-0.15, -0.1) is 11.8 Å². The van der Waals surface area contributed by atoms with Crippen LogP contribution in [0.2, 0.25) is 0 Å². The Hall–Kier alpha value is -0.270. The van der Waals surface area contributed by atoms with Gasteiger partial charge in [-0.3, -0.25) is 0 Å². The average molecular weight is 174 g/mol. The van der Waals surface area contributed by atoms with Crippen molar-refractivity contribution in [2.75, 3.05) is 18.3 Å². The summed E-state index contributed by atoms with van der Waals surface area (Å²) in [5.41, 5.74) is 6.25. The molecule has 0 aromatic carbocycles. The van der Waals surface area contributed by atoms with Gasteiger partial charge in [0, 0.05) is 11.4 Å². The maximum atomic E-state index is 8.51. The third kappa shape index (κ3) is 3.04. The van der Waals surface area contributed by atoms with Crippen LogP contribution < -0.4 is 5.73 Å². The van der Waals surface area contributed by atoms with E-state index < -0.39 is 0 Å². The third-order valence-corrected chi connectivity index (χ3v) is 2.26. The molecular formula is C6H10N2S2. The van der Waals surface area contributed by atoms with Gasteiger partial charge in [0.15, 0.2) is 0 Å². The molecule has 0 aromatic rings. The topological polar surface area (TPSA) is 49.8 Å². The highest BCUT2D eigenvalue weighted by Crippen LogP contribution is 2.14. The summed E-state index contributed by atoms with van der Waals surface area (Å²) in [6.07, 6.45) is 3.81. The molecule has 0 saturated heterocycles. The normalized spacial score (nSPS) is 12.1. The minimum Gasteiger partial charge on any atom is -0.400 e. The van der Waals surface area contributed by atoms with E-state index in [-0.39, 0.29) is 0 Å². The van der Waals surface area contributed by atoms with Crippen LogP contribution in [0.1, 0.15) is 0 Å². The monoisotopic (exact) mass is 174 g/mol. The second kappa shape index (κ2) is 5.51. The lowest BCUT2D eigenvalue weighted by atomic mass is 10.5. The van der Waals surface area contributed by atoms with Crippen LogP contribution >= 0.6 is 23.5 Å². The first kappa shape index (κ1) is 9.73. The molecule has 0 aliphatic carbocycles. The smallest absolute Gasteiger partial charge is 0.108 e. The van der Waals surface area contributed by atoms with Crippen molar-refractivity contribution in [1.82, 2.24) is 0 Å². The summed E-state index contributed by atoms with van der Waals surface area (Å²) in [5.74, 6) is 0.740. The lowest BCUT2D eigenvalue weighted by molar-refractivity contribution is 1.32. The van der Waals surface area contributed by atoms with Crippen molar-refractivity contribution in [1.29, 1.82) is 5.26 Å². The van der Waals surface area contributed by atoms with Crippen molar-refractivity contribution >= 4 is 23.5 Å². The zero-order valence-electron chi connectivity index (χ0n) is 6.05. The number of nitriles is 1. The van der Waals surface area contributed by atoms with Crippen molar-refractivity contribution in [3.8, 4) is 6.07 Å². The first-order chi connectivity index (χ1) is 4.76. The Kier molecular flexibility index (Phi) is 5.36. The van der Waals surface area contributed by atoms with Gasteiger partial charge < -0.3 is 5.73 Å². The van der Waals surface area contributed by atoms with Crippen LogP contribution in [0.25, 0.3) is 0 Å². The molecule has 0 spiro atoms. The Balaban J connectivity index is 4.16. The quantitative estimate of drug-likeness (QED) is 0.657. The fourth-order valence-electron chi connectivity index (χ4n) is 0.470. The summed E-state index contributed by atoms with van der Waals surface area (Å²) >= 11 is 3.02. The molecule has 0 bridgehead atoms. The van der Waals surface area contributed by atoms with E-state index in [1.165, 1.54) is 11.8 Å². The van der Waals surface area contributed by atoms with Crippen LogP contribution in [-0.4, -0.2) is 18.3 Å². The molecule has 0 aliphatic rings. The molecule has 56 valence electrons. The molecule has 10 heavy (non-hydrogen) atoms. The lowest BCUT2D eigenvalue weighted by Crippen LogP contribution is -2.02. The van der Waals surface area contributed by atoms with Gasteiger partial charge in [0.2, 0.25) is 0 Å². The predicted octanol–water partition coefficient (Wildman–Crippen LogP) is 1.41. The van der Waals surface area contributed by atoms with Crippen molar-refractivity contribution in [3.63, 3.8) is 0 Å². The van der Waals surface area contributed by atoms with Crippen molar-refractivity contribution in [2.45, 2.75) is 0 Å². The second-order valence-electron chi connectivity index (χ2n) is 1.60. The number of hydrogen-bond donors (Lipinski definition) is 1. The second-order valence-corrected chi connectivity index (χ2v) is 3.29. The summed E-state index contributed by atoms with van der Waals surface area (Å²) in [7, 11) is 0. The van der Waals surface area contributed by atoms with Crippen LogP contribution in [0.5, 0.6) is 0 Å². The number of nitrogens with zero attached hydrogens (tertiary/aromatic N) is 1. The SMILES string of the molecule is CSC/C(N)=C(/C#N)SC. The van der Waals surface area contributed by atoms with Gasteiger partial charge >= 0.3 is 0 Å². The summed E-state index contributed by atoms with van der Waals surface area (Å²) in [4.78, 5) is 0.634. The zero-order valence-corrected chi connectivity index (χ0v) is 7.68. The number of rotatable bonds is 3. The van der Waals surface area contributed by atoms with Gasteiger partial charge in [-0.25, -0.2) is 0 Å². The van der Waals surface area contributed by atoms with E-state index in [4.69, 9.17) is 11.0 Å². The molecule has 0 atom stereocenters. The van der Waals surface area contributed by atoms with Gasteiger partial charge in [-0.2, -0.15) is 17.0 Å². The molecule has 0 unspecified atom stereocenters. The Bertz CT molecular complexity index is 169. The van der Waals surface area contributed by atoms with Crippen LogP contribution in [0.15, 0.2) is 10.6 Å². The first-order valence-corrected chi connectivity index (χ1v) is 5.29. The van der Waals surface area contributed by atoms with E-state index in [1.807, 2.05) is 18.6 Å².